The number of ether oxygens (including phenoxy) is 2. The van der Waals surface area contributed by atoms with Crippen LogP contribution in [0.1, 0.15) is 12.0 Å². The standard InChI is InChI=1S/C17H25ClFN3O2/c1-20-17(21-10-13-3-4-16(19)15(18)9-13)22-6-5-14(11-22)12-24-8-7-23-2/h3-4,9,14H,5-8,10-12H2,1-2H3,(H,20,21). The highest BCUT2D eigenvalue weighted by Crippen LogP contribution is 2.18. The van der Waals surface area contributed by atoms with Crippen molar-refractivity contribution >= 4 is 17.6 Å². The molecular weight excluding hydrogens is 333 g/mol. The Morgan fingerprint density at radius 3 is 3.00 bits per heavy atom. The van der Waals surface area contributed by atoms with Crippen LogP contribution in [0.25, 0.3) is 0 Å². The normalized spacial score (nSPS) is 18.2. The van der Waals surface area contributed by atoms with Crippen LogP contribution in [0.4, 0.5) is 4.39 Å². The average molecular weight is 358 g/mol. The number of hydrogen-bond acceptors (Lipinski definition) is 3. The minimum atomic E-state index is -0.402. The fourth-order valence-corrected chi connectivity index (χ4v) is 2.92. The summed E-state index contributed by atoms with van der Waals surface area (Å²) in [6, 6.07) is 4.73. The predicted molar refractivity (Wildman–Crippen MR) is 94.0 cm³/mol. The van der Waals surface area contributed by atoms with Crippen molar-refractivity contribution in [1.29, 1.82) is 0 Å². The molecule has 2 rings (SSSR count). The third kappa shape index (κ3) is 5.61. The Hall–Kier alpha value is -1.37. The summed E-state index contributed by atoms with van der Waals surface area (Å²) in [6.07, 6.45) is 1.08. The highest BCUT2D eigenvalue weighted by molar-refractivity contribution is 6.30. The number of rotatable bonds is 7. The molecule has 1 saturated heterocycles. The second-order valence-electron chi connectivity index (χ2n) is 5.82. The first-order valence-corrected chi connectivity index (χ1v) is 8.48. The molecule has 0 saturated carbocycles. The number of likely N-dealkylation sites (tertiary alicyclic amines) is 1. The van der Waals surface area contributed by atoms with Crippen LogP contribution in [0.5, 0.6) is 0 Å². The van der Waals surface area contributed by atoms with Gasteiger partial charge in [-0.05, 0) is 24.1 Å². The summed E-state index contributed by atoms with van der Waals surface area (Å²) in [4.78, 5) is 6.55. The van der Waals surface area contributed by atoms with Gasteiger partial charge < -0.3 is 19.7 Å². The molecule has 0 radical (unpaired) electrons. The van der Waals surface area contributed by atoms with Gasteiger partial charge in [0, 0.05) is 39.7 Å². The molecule has 1 aliphatic heterocycles. The molecule has 24 heavy (non-hydrogen) atoms. The van der Waals surface area contributed by atoms with E-state index in [-0.39, 0.29) is 5.02 Å². The van der Waals surface area contributed by atoms with Crippen LogP contribution in [0.2, 0.25) is 5.02 Å². The van der Waals surface area contributed by atoms with Gasteiger partial charge in [0.15, 0.2) is 5.96 Å². The molecule has 1 aromatic rings. The van der Waals surface area contributed by atoms with Crippen molar-refractivity contribution in [3.05, 3.63) is 34.6 Å². The monoisotopic (exact) mass is 357 g/mol. The number of nitrogens with one attached hydrogen (secondary N) is 1. The molecular formula is C17H25ClFN3O2. The third-order valence-corrected chi connectivity index (χ3v) is 4.31. The van der Waals surface area contributed by atoms with Crippen LogP contribution in [-0.2, 0) is 16.0 Å². The minimum absolute atomic E-state index is 0.138. The Bertz CT molecular complexity index is 557. The number of nitrogens with zero attached hydrogens (tertiary/aromatic N) is 2. The Morgan fingerprint density at radius 1 is 1.46 bits per heavy atom. The summed E-state index contributed by atoms with van der Waals surface area (Å²) < 4.78 is 23.8. The van der Waals surface area contributed by atoms with Gasteiger partial charge in [-0.25, -0.2) is 4.39 Å². The summed E-state index contributed by atoms with van der Waals surface area (Å²) in [5.74, 6) is 0.941. The van der Waals surface area contributed by atoms with E-state index >= 15 is 0 Å². The lowest BCUT2D eigenvalue weighted by molar-refractivity contribution is 0.0536. The van der Waals surface area contributed by atoms with Crippen LogP contribution >= 0.6 is 11.6 Å². The minimum Gasteiger partial charge on any atom is -0.382 e. The molecule has 0 aliphatic carbocycles. The fraction of sp³-hybridized carbons (Fsp3) is 0.588. The molecule has 5 nitrogen and oxygen atoms in total. The second-order valence-corrected chi connectivity index (χ2v) is 6.22. The van der Waals surface area contributed by atoms with Gasteiger partial charge in [0.05, 0.1) is 24.8 Å². The number of methoxy groups -OCH3 is 1. The van der Waals surface area contributed by atoms with Gasteiger partial charge in [0.1, 0.15) is 5.82 Å². The van der Waals surface area contributed by atoms with Gasteiger partial charge in [-0.15, -0.1) is 0 Å². The van der Waals surface area contributed by atoms with Crippen molar-refractivity contribution in [3.63, 3.8) is 0 Å². The Balaban J connectivity index is 1.78. The number of aliphatic imine (C=N–C) groups is 1. The lowest BCUT2D eigenvalue weighted by atomic mass is 10.1. The first-order chi connectivity index (χ1) is 11.6. The van der Waals surface area contributed by atoms with E-state index in [0.29, 0.717) is 25.7 Å². The Morgan fingerprint density at radius 2 is 2.29 bits per heavy atom. The SMILES string of the molecule is CN=C(NCc1ccc(F)c(Cl)c1)N1CCC(COCCOC)C1. The van der Waals surface area contributed by atoms with Crippen LogP contribution in [-0.4, -0.2) is 57.9 Å². The van der Waals surface area contributed by atoms with Gasteiger partial charge in [-0.3, -0.25) is 4.99 Å². The van der Waals surface area contributed by atoms with Gasteiger partial charge in [0.25, 0.3) is 0 Å². The quantitative estimate of drug-likeness (QED) is 0.463. The van der Waals surface area contributed by atoms with E-state index in [1.807, 2.05) is 0 Å². The van der Waals surface area contributed by atoms with Crippen molar-refractivity contribution < 1.29 is 13.9 Å². The van der Waals surface area contributed by atoms with E-state index in [2.05, 4.69) is 15.2 Å². The average Bonchev–Trinajstić information content (AvgIpc) is 3.04. The molecule has 1 aliphatic rings. The smallest absolute Gasteiger partial charge is 0.193 e. The van der Waals surface area contributed by atoms with Crippen molar-refractivity contribution in [2.75, 3.05) is 47.1 Å². The molecule has 1 aromatic carbocycles. The van der Waals surface area contributed by atoms with Crippen molar-refractivity contribution in [2.45, 2.75) is 13.0 Å². The summed E-state index contributed by atoms with van der Waals surface area (Å²) in [5.41, 5.74) is 0.918. The number of guanidine groups is 1. The molecule has 0 spiro atoms. The molecule has 1 heterocycles. The molecule has 134 valence electrons. The zero-order valence-electron chi connectivity index (χ0n) is 14.2. The molecule has 1 atom stereocenters. The van der Waals surface area contributed by atoms with E-state index < -0.39 is 5.82 Å². The van der Waals surface area contributed by atoms with E-state index in [0.717, 1.165) is 37.6 Å². The highest BCUT2D eigenvalue weighted by atomic mass is 35.5. The zero-order valence-corrected chi connectivity index (χ0v) is 15.0. The highest BCUT2D eigenvalue weighted by Gasteiger charge is 2.24. The van der Waals surface area contributed by atoms with Crippen molar-refractivity contribution in [1.82, 2.24) is 10.2 Å². The van der Waals surface area contributed by atoms with Crippen molar-refractivity contribution in [3.8, 4) is 0 Å². The molecule has 1 fully saturated rings. The first kappa shape index (κ1) is 19.0. The maximum absolute atomic E-state index is 13.2. The molecule has 0 bridgehead atoms. The van der Waals surface area contributed by atoms with Crippen LogP contribution in [0.3, 0.4) is 0 Å². The lowest BCUT2D eigenvalue weighted by Crippen LogP contribution is -2.39. The maximum Gasteiger partial charge on any atom is 0.193 e. The van der Waals surface area contributed by atoms with Crippen LogP contribution in [0.15, 0.2) is 23.2 Å². The van der Waals surface area contributed by atoms with E-state index in [1.54, 1.807) is 26.3 Å². The van der Waals surface area contributed by atoms with Gasteiger partial charge in [-0.1, -0.05) is 17.7 Å². The number of benzene rings is 1. The second kappa shape index (κ2) is 9.81. The lowest BCUT2D eigenvalue weighted by Gasteiger charge is -2.22. The molecule has 0 aromatic heterocycles. The molecule has 1 N–H and O–H groups in total. The summed E-state index contributed by atoms with van der Waals surface area (Å²) in [7, 11) is 3.44. The molecule has 0 amide bonds. The van der Waals surface area contributed by atoms with Crippen LogP contribution in [0, 0.1) is 11.7 Å². The van der Waals surface area contributed by atoms with Gasteiger partial charge in [-0.2, -0.15) is 0 Å². The van der Waals surface area contributed by atoms with Crippen molar-refractivity contribution in [2.24, 2.45) is 10.9 Å². The Kier molecular flexibility index (Phi) is 7.75. The number of hydrogen-bond donors (Lipinski definition) is 1. The first-order valence-electron chi connectivity index (χ1n) is 8.10. The predicted octanol–water partition coefficient (Wildman–Crippen LogP) is 2.54. The Labute approximate surface area is 147 Å². The molecule has 1 unspecified atom stereocenters. The number of halogens is 2. The topological polar surface area (TPSA) is 46.1 Å². The fourth-order valence-electron chi connectivity index (χ4n) is 2.72. The zero-order chi connectivity index (χ0) is 17.4. The summed E-state index contributed by atoms with van der Waals surface area (Å²) in [6.45, 7) is 4.41. The van der Waals surface area contributed by atoms with E-state index in [9.17, 15) is 4.39 Å². The van der Waals surface area contributed by atoms with Crippen LogP contribution < -0.4 is 5.32 Å². The van der Waals surface area contributed by atoms with Gasteiger partial charge in [0.2, 0.25) is 0 Å². The summed E-state index contributed by atoms with van der Waals surface area (Å²) >= 11 is 5.81. The maximum atomic E-state index is 13.2. The van der Waals surface area contributed by atoms with E-state index in [1.165, 1.54) is 6.07 Å². The molecule has 7 heteroatoms. The largest absolute Gasteiger partial charge is 0.382 e. The third-order valence-electron chi connectivity index (χ3n) is 4.02. The van der Waals surface area contributed by atoms with E-state index in [4.69, 9.17) is 21.1 Å². The van der Waals surface area contributed by atoms with Gasteiger partial charge >= 0.3 is 0 Å². The summed E-state index contributed by atoms with van der Waals surface area (Å²) in [5, 5.41) is 3.44.